The van der Waals surface area contributed by atoms with Crippen LogP contribution in [0.3, 0.4) is 0 Å². The first kappa shape index (κ1) is 27.0. The highest BCUT2D eigenvalue weighted by Crippen LogP contribution is 2.40. The maximum absolute atomic E-state index is 13.3. The minimum absolute atomic E-state index is 0.0396. The van der Waals surface area contributed by atoms with E-state index in [0.29, 0.717) is 13.0 Å². The van der Waals surface area contributed by atoms with Gasteiger partial charge in [-0.25, -0.2) is 0 Å². The number of carbonyl (C=O) groups excluding carboxylic acids is 1. The fraction of sp³-hybridized carbons (Fsp3) is 0.364. The summed E-state index contributed by atoms with van der Waals surface area (Å²) < 4.78 is 13.1. The van der Waals surface area contributed by atoms with Crippen LogP contribution >= 0.6 is 0 Å². The molecular formula is C33H39N3O3. The zero-order valence-electron chi connectivity index (χ0n) is 23.0. The van der Waals surface area contributed by atoms with Gasteiger partial charge in [0.2, 0.25) is 5.91 Å². The second-order valence-corrected chi connectivity index (χ2v) is 10.4. The van der Waals surface area contributed by atoms with E-state index in [-0.39, 0.29) is 17.7 Å². The first-order valence-electron chi connectivity index (χ1n) is 13.9. The number of rotatable bonds is 11. The molecule has 0 aliphatic carbocycles. The van der Waals surface area contributed by atoms with E-state index >= 15 is 0 Å². The van der Waals surface area contributed by atoms with Gasteiger partial charge in [-0.3, -0.25) is 9.69 Å². The van der Waals surface area contributed by atoms with Gasteiger partial charge in [0, 0.05) is 62.2 Å². The van der Waals surface area contributed by atoms with Gasteiger partial charge in [0.05, 0.1) is 20.3 Å². The molecule has 0 radical (unpaired) electrons. The quantitative estimate of drug-likeness (QED) is 0.284. The summed E-state index contributed by atoms with van der Waals surface area (Å²) in [4.78, 5) is 15.7. The van der Waals surface area contributed by atoms with Crippen LogP contribution in [0.1, 0.15) is 41.9 Å². The summed E-state index contributed by atoms with van der Waals surface area (Å²) in [7, 11) is 1.69. The Morgan fingerprint density at radius 1 is 0.974 bits per heavy atom. The van der Waals surface area contributed by atoms with Crippen LogP contribution in [0.15, 0.2) is 85.1 Å². The van der Waals surface area contributed by atoms with Gasteiger partial charge in [-0.05, 0) is 40.8 Å². The van der Waals surface area contributed by atoms with Gasteiger partial charge in [-0.2, -0.15) is 0 Å². The zero-order chi connectivity index (χ0) is 27.0. The number of nitrogens with one attached hydrogen (secondary N) is 1. The second kappa shape index (κ2) is 13.0. The topological polar surface area (TPSA) is 55.7 Å². The molecule has 204 valence electrons. The van der Waals surface area contributed by atoms with Crippen molar-refractivity contribution >= 4 is 16.8 Å². The second-order valence-electron chi connectivity index (χ2n) is 10.4. The normalized spacial score (nSPS) is 15.6. The van der Waals surface area contributed by atoms with Crippen molar-refractivity contribution in [2.45, 2.75) is 31.7 Å². The number of nitrogens with zero attached hydrogens (tertiary/aromatic N) is 2. The maximum atomic E-state index is 13.3. The van der Waals surface area contributed by atoms with E-state index in [4.69, 9.17) is 9.47 Å². The number of hydrogen-bond acceptors (Lipinski definition) is 4. The number of morpholine rings is 1. The van der Waals surface area contributed by atoms with Crippen LogP contribution in [0.2, 0.25) is 0 Å². The lowest BCUT2D eigenvalue weighted by atomic mass is 9.80. The standard InChI is InChI=1S/C33H39N3O3/c1-25(27-8-4-3-5-9-27)30(22-33(37)34-16-17-35-18-20-39-21-19-35)31-24-36(32-11-7-6-10-29(31)32)23-26-12-14-28(38-2)15-13-26/h3-15,24-25,30H,16-23H2,1-2H3,(H,34,37)/t25-,30-/m0/s1. The Morgan fingerprint density at radius 3 is 2.44 bits per heavy atom. The molecule has 0 bridgehead atoms. The third-order valence-electron chi connectivity index (χ3n) is 7.92. The molecule has 1 saturated heterocycles. The minimum Gasteiger partial charge on any atom is -0.497 e. The SMILES string of the molecule is COc1ccc(Cn2cc([C@@H](CC(=O)NCCN3CCOCC3)[C@@H](C)c3ccccc3)c3ccccc32)cc1. The van der Waals surface area contributed by atoms with Gasteiger partial charge < -0.3 is 19.4 Å². The summed E-state index contributed by atoms with van der Waals surface area (Å²) in [6.07, 6.45) is 2.70. The van der Waals surface area contributed by atoms with Gasteiger partial charge in [0.1, 0.15) is 5.75 Å². The summed E-state index contributed by atoms with van der Waals surface area (Å²) in [5, 5.41) is 4.41. The Bertz CT molecular complexity index is 1340. The van der Waals surface area contributed by atoms with Crippen molar-refractivity contribution in [3.8, 4) is 5.75 Å². The lowest BCUT2D eigenvalue weighted by Crippen LogP contribution is -2.41. The first-order chi connectivity index (χ1) is 19.1. The number of fused-ring (bicyclic) bond motifs is 1. The van der Waals surface area contributed by atoms with Crippen LogP contribution in [0, 0.1) is 0 Å². The molecule has 1 N–H and O–H groups in total. The molecule has 5 rings (SSSR count). The monoisotopic (exact) mass is 525 g/mol. The highest BCUT2D eigenvalue weighted by atomic mass is 16.5. The molecule has 4 aromatic rings. The molecule has 0 spiro atoms. The average molecular weight is 526 g/mol. The number of amides is 1. The van der Waals surface area contributed by atoms with E-state index < -0.39 is 0 Å². The summed E-state index contributed by atoms with van der Waals surface area (Å²) >= 11 is 0. The van der Waals surface area contributed by atoms with Crippen LogP contribution in [0.25, 0.3) is 10.9 Å². The smallest absolute Gasteiger partial charge is 0.220 e. The Morgan fingerprint density at radius 2 is 1.69 bits per heavy atom. The molecule has 1 fully saturated rings. The molecule has 1 aliphatic heterocycles. The van der Waals surface area contributed by atoms with Crippen molar-refractivity contribution in [1.82, 2.24) is 14.8 Å². The van der Waals surface area contributed by atoms with E-state index in [1.165, 1.54) is 27.6 Å². The number of hydrogen-bond donors (Lipinski definition) is 1. The number of aromatic nitrogens is 1. The van der Waals surface area contributed by atoms with Crippen LogP contribution in [-0.2, 0) is 16.1 Å². The van der Waals surface area contributed by atoms with Crippen molar-refractivity contribution < 1.29 is 14.3 Å². The summed E-state index contributed by atoms with van der Waals surface area (Å²) in [5.41, 5.74) is 4.85. The van der Waals surface area contributed by atoms with E-state index in [9.17, 15) is 4.79 Å². The maximum Gasteiger partial charge on any atom is 0.220 e. The van der Waals surface area contributed by atoms with Gasteiger partial charge in [-0.15, -0.1) is 0 Å². The Balaban J connectivity index is 1.41. The zero-order valence-corrected chi connectivity index (χ0v) is 23.0. The highest BCUT2D eigenvalue weighted by Gasteiger charge is 2.27. The molecule has 39 heavy (non-hydrogen) atoms. The molecule has 0 saturated carbocycles. The van der Waals surface area contributed by atoms with E-state index in [0.717, 1.165) is 45.1 Å². The van der Waals surface area contributed by atoms with E-state index in [2.05, 4.69) is 88.6 Å². The van der Waals surface area contributed by atoms with Crippen molar-refractivity contribution in [3.63, 3.8) is 0 Å². The molecule has 1 aliphatic rings. The van der Waals surface area contributed by atoms with Crippen LogP contribution in [-0.4, -0.2) is 61.9 Å². The van der Waals surface area contributed by atoms with Crippen LogP contribution in [0.4, 0.5) is 0 Å². The molecule has 1 aromatic heterocycles. The lowest BCUT2D eigenvalue weighted by Gasteiger charge is -2.27. The molecule has 6 nitrogen and oxygen atoms in total. The first-order valence-corrected chi connectivity index (χ1v) is 13.9. The van der Waals surface area contributed by atoms with Gasteiger partial charge in [0.25, 0.3) is 0 Å². The number of ether oxygens (including phenoxy) is 2. The van der Waals surface area contributed by atoms with Gasteiger partial charge in [0.15, 0.2) is 0 Å². The highest BCUT2D eigenvalue weighted by molar-refractivity contribution is 5.86. The Kier molecular flexibility index (Phi) is 8.96. The number of carbonyl (C=O) groups is 1. The molecule has 1 amide bonds. The average Bonchev–Trinajstić information content (AvgIpc) is 3.35. The summed E-state index contributed by atoms with van der Waals surface area (Å²) in [6, 6.07) is 27.3. The van der Waals surface area contributed by atoms with Crippen molar-refractivity contribution in [2.75, 3.05) is 46.5 Å². The Hall–Kier alpha value is -3.61. The van der Waals surface area contributed by atoms with E-state index in [1.807, 2.05) is 18.2 Å². The molecule has 2 atom stereocenters. The fourth-order valence-corrected chi connectivity index (χ4v) is 5.62. The lowest BCUT2D eigenvalue weighted by molar-refractivity contribution is -0.121. The number of methoxy groups -OCH3 is 1. The van der Waals surface area contributed by atoms with Gasteiger partial charge in [-0.1, -0.05) is 67.6 Å². The molecule has 6 heteroatoms. The summed E-state index contributed by atoms with van der Waals surface area (Å²) in [5.74, 6) is 1.17. The molecule has 3 aromatic carbocycles. The molecule has 2 heterocycles. The van der Waals surface area contributed by atoms with Crippen LogP contribution in [0.5, 0.6) is 5.75 Å². The largest absolute Gasteiger partial charge is 0.497 e. The van der Waals surface area contributed by atoms with Crippen molar-refractivity contribution in [1.29, 1.82) is 0 Å². The number of benzene rings is 3. The van der Waals surface area contributed by atoms with Crippen LogP contribution < -0.4 is 10.1 Å². The predicted molar refractivity (Wildman–Crippen MR) is 157 cm³/mol. The number of para-hydroxylation sites is 1. The van der Waals surface area contributed by atoms with E-state index in [1.54, 1.807) is 7.11 Å². The predicted octanol–water partition coefficient (Wildman–Crippen LogP) is 5.42. The van der Waals surface area contributed by atoms with Crippen molar-refractivity contribution in [3.05, 3.63) is 102 Å². The molecular weight excluding hydrogens is 486 g/mol. The third kappa shape index (κ3) is 6.70. The minimum atomic E-state index is 0.0396. The third-order valence-corrected chi connectivity index (χ3v) is 7.92. The van der Waals surface area contributed by atoms with Gasteiger partial charge >= 0.3 is 0 Å². The fourth-order valence-electron chi connectivity index (χ4n) is 5.62. The summed E-state index contributed by atoms with van der Waals surface area (Å²) in [6.45, 7) is 7.91. The molecule has 0 unspecified atom stereocenters. The van der Waals surface area contributed by atoms with Crippen molar-refractivity contribution in [2.24, 2.45) is 0 Å². The Labute approximate surface area is 231 Å².